The molecule has 0 unspecified atom stereocenters. The maximum Gasteiger partial charge on any atom is 0.335 e. The van der Waals surface area contributed by atoms with E-state index in [1.54, 1.807) is 0 Å². The van der Waals surface area contributed by atoms with Crippen molar-refractivity contribution in [2.45, 2.75) is 4.90 Å². The Labute approximate surface area is 108 Å². The van der Waals surface area contributed by atoms with Crippen LogP contribution in [0.4, 0.5) is 8.78 Å². The fourth-order valence-corrected chi connectivity index (χ4v) is 2.56. The average Bonchev–Trinajstić information content (AvgIpc) is 2.32. The maximum atomic E-state index is 13.5. The van der Waals surface area contributed by atoms with Crippen molar-refractivity contribution < 1.29 is 27.1 Å². The molecule has 0 aliphatic heterocycles. The maximum absolute atomic E-state index is 13.5. The van der Waals surface area contributed by atoms with Gasteiger partial charge in [0, 0.05) is 13.6 Å². The van der Waals surface area contributed by atoms with Crippen LogP contribution in [0.5, 0.6) is 0 Å². The van der Waals surface area contributed by atoms with Gasteiger partial charge in [0.2, 0.25) is 10.0 Å². The summed E-state index contributed by atoms with van der Waals surface area (Å²) in [6.45, 7) is 3.20. The molecule has 0 fully saturated rings. The number of likely N-dealkylation sites (N-methyl/N-ethyl adjacent to an activating group) is 1. The second-order valence-electron chi connectivity index (χ2n) is 3.65. The first-order valence-corrected chi connectivity index (χ1v) is 6.45. The van der Waals surface area contributed by atoms with Gasteiger partial charge in [-0.2, -0.15) is 4.31 Å². The molecule has 0 aliphatic carbocycles. The number of aromatic carboxylic acids is 1. The number of nitrogens with zero attached hydrogens (tertiary/aromatic N) is 1. The van der Waals surface area contributed by atoms with Gasteiger partial charge in [-0.15, -0.1) is 6.58 Å². The van der Waals surface area contributed by atoms with Crippen LogP contribution in [0.2, 0.25) is 0 Å². The first kappa shape index (κ1) is 15.3. The van der Waals surface area contributed by atoms with E-state index in [1.807, 2.05) is 0 Å². The summed E-state index contributed by atoms with van der Waals surface area (Å²) in [5, 5.41) is 8.72. The average molecular weight is 291 g/mol. The molecular formula is C11H11F2NO4S. The first-order chi connectivity index (χ1) is 8.71. The minimum atomic E-state index is -4.33. The molecule has 0 spiro atoms. The molecule has 1 rings (SSSR count). The number of sulfonamides is 1. The van der Waals surface area contributed by atoms with Crippen LogP contribution in [0, 0.1) is 11.6 Å². The van der Waals surface area contributed by atoms with Crippen molar-refractivity contribution in [2.24, 2.45) is 0 Å². The molecule has 0 bridgehead atoms. The molecule has 0 saturated heterocycles. The van der Waals surface area contributed by atoms with E-state index in [0.29, 0.717) is 12.1 Å². The lowest BCUT2D eigenvalue weighted by molar-refractivity contribution is 0.0696. The van der Waals surface area contributed by atoms with E-state index >= 15 is 0 Å². The van der Waals surface area contributed by atoms with Crippen molar-refractivity contribution in [1.29, 1.82) is 0 Å². The quantitative estimate of drug-likeness (QED) is 0.834. The van der Waals surface area contributed by atoms with Crippen LogP contribution < -0.4 is 0 Å². The minimum Gasteiger partial charge on any atom is -0.478 e. The van der Waals surface area contributed by atoms with Gasteiger partial charge in [0.05, 0.1) is 5.56 Å². The number of benzene rings is 1. The Hall–Kier alpha value is -1.80. The van der Waals surface area contributed by atoms with Crippen molar-refractivity contribution in [1.82, 2.24) is 4.31 Å². The zero-order valence-corrected chi connectivity index (χ0v) is 10.7. The molecule has 19 heavy (non-hydrogen) atoms. The summed E-state index contributed by atoms with van der Waals surface area (Å²) in [4.78, 5) is 9.71. The Bertz CT molecular complexity index is 628. The van der Waals surface area contributed by atoms with Crippen molar-refractivity contribution in [2.75, 3.05) is 13.6 Å². The first-order valence-electron chi connectivity index (χ1n) is 5.01. The third-order valence-electron chi connectivity index (χ3n) is 2.32. The highest BCUT2D eigenvalue weighted by Gasteiger charge is 2.27. The topological polar surface area (TPSA) is 74.7 Å². The fourth-order valence-electron chi connectivity index (χ4n) is 1.32. The minimum absolute atomic E-state index is 0.124. The molecule has 0 aromatic heterocycles. The molecule has 0 aliphatic rings. The largest absolute Gasteiger partial charge is 0.478 e. The summed E-state index contributed by atoms with van der Waals surface area (Å²) in [5.41, 5.74) is -0.649. The van der Waals surface area contributed by atoms with Crippen LogP contribution in [0.25, 0.3) is 0 Å². The Morgan fingerprint density at radius 2 is 2.05 bits per heavy atom. The second kappa shape index (κ2) is 5.45. The van der Waals surface area contributed by atoms with E-state index in [4.69, 9.17) is 5.11 Å². The predicted octanol–water partition coefficient (Wildman–Crippen LogP) is 1.47. The molecule has 0 atom stereocenters. The van der Waals surface area contributed by atoms with Crippen molar-refractivity contribution in [3.05, 3.63) is 42.0 Å². The molecule has 0 heterocycles. The molecule has 104 valence electrons. The van der Waals surface area contributed by atoms with E-state index < -0.39 is 38.1 Å². The molecular weight excluding hydrogens is 280 g/mol. The lowest BCUT2D eigenvalue weighted by Gasteiger charge is -2.16. The summed E-state index contributed by atoms with van der Waals surface area (Å²) < 4.78 is 51.4. The van der Waals surface area contributed by atoms with Crippen molar-refractivity contribution >= 4 is 16.0 Å². The van der Waals surface area contributed by atoms with Crippen molar-refractivity contribution in [3.63, 3.8) is 0 Å². The molecule has 1 aromatic rings. The zero-order chi connectivity index (χ0) is 14.8. The molecule has 1 aromatic carbocycles. The van der Waals surface area contributed by atoms with Gasteiger partial charge < -0.3 is 5.11 Å². The summed E-state index contributed by atoms with van der Waals surface area (Å²) in [5.74, 6) is -4.70. The van der Waals surface area contributed by atoms with Crippen LogP contribution in [0.15, 0.2) is 29.7 Å². The Morgan fingerprint density at radius 1 is 1.47 bits per heavy atom. The Balaban J connectivity index is 3.49. The highest BCUT2D eigenvalue weighted by atomic mass is 32.2. The van der Waals surface area contributed by atoms with Crippen LogP contribution in [0.1, 0.15) is 10.4 Å². The second-order valence-corrected chi connectivity index (χ2v) is 5.66. The van der Waals surface area contributed by atoms with E-state index in [0.717, 1.165) is 11.4 Å². The van der Waals surface area contributed by atoms with Gasteiger partial charge in [0.15, 0.2) is 11.6 Å². The van der Waals surface area contributed by atoms with Gasteiger partial charge in [0.25, 0.3) is 0 Å². The SMILES string of the molecule is C=CCN(C)S(=O)(=O)c1cc(C(=O)O)cc(F)c1F. The standard InChI is InChI=1S/C11H11F2NO4S/c1-3-4-14(2)19(17,18)9-6-7(11(15)16)5-8(12)10(9)13/h3,5-6H,1,4H2,2H3,(H,15,16). The molecule has 0 amide bonds. The third-order valence-corrected chi connectivity index (χ3v) is 4.14. The van der Waals surface area contributed by atoms with Gasteiger partial charge in [-0.05, 0) is 12.1 Å². The zero-order valence-electron chi connectivity index (χ0n) is 9.93. The molecule has 8 heteroatoms. The summed E-state index contributed by atoms with van der Waals surface area (Å²) in [7, 11) is -3.19. The lowest BCUT2D eigenvalue weighted by atomic mass is 10.2. The van der Waals surface area contributed by atoms with Crippen LogP contribution in [-0.2, 0) is 10.0 Å². The van der Waals surface area contributed by atoms with Gasteiger partial charge in [-0.1, -0.05) is 6.08 Å². The highest BCUT2D eigenvalue weighted by Crippen LogP contribution is 2.22. The number of halogens is 2. The molecule has 1 N–H and O–H groups in total. The Kier molecular flexibility index (Phi) is 4.38. The van der Waals surface area contributed by atoms with Crippen LogP contribution in [0.3, 0.4) is 0 Å². The van der Waals surface area contributed by atoms with E-state index in [9.17, 15) is 22.0 Å². The number of carboxylic acids is 1. The monoisotopic (exact) mass is 291 g/mol. The van der Waals surface area contributed by atoms with Gasteiger partial charge in [-0.3, -0.25) is 0 Å². The number of rotatable bonds is 5. The summed E-state index contributed by atoms with van der Waals surface area (Å²) in [6, 6.07) is 1.000. The van der Waals surface area contributed by atoms with E-state index in [1.165, 1.54) is 6.08 Å². The fraction of sp³-hybridized carbons (Fsp3) is 0.182. The van der Waals surface area contributed by atoms with Crippen molar-refractivity contribution in [3.8, 4) is 0 Å². The van der Waals surface area contributed by atoms with Gasteiger partial charge in [0.1, 0.15) is 4.90 Å². The third kappa shape index (κ3) is 2.96. The molecule has 0 radical (unpaired) electrons. The Morgan fingerprint density at radius 3 is 2.53 bits per heavy atom. The lowest BCUT2D eigenvalue weighted by Crippen LogP contribution is -2.28. The smallest absolute Gasteiger partial charge is 0.335 e. The normalized spacial score (nSPS) is 11.6. The number of carbonyl (C=O) groups is 1. The molecule has 5 nitrogen and oxygen atoms in total. The summed E-state index contributed by atoms with van der Waals surface area (Å²) in [6.07, 6.45) is 1.26. The van der Waals surface area contributed by atoms with E-state index in [-0.39, 0.29) is 6.54 Å². The number of hydrogen-bond donors (Lipinski definition) is 1. The van der Waals surface area contributed by atoms with Gasteiger partial charge in [-0.25, -0.2) is 22.0 Å². The molecule has 0 saturated carbocycles. The van der Waals surface area contributed by atoms with Crippen LogP contribution >= 0.6 is 0 Å². The van der Waals surface area contributed by atoms with Crippen LogP contribution in [-0.4, -0.2) is 37.4 Å². The van der Waals surface area contributed by atoms with Gasteiger partial charge >= 0.3 is 5.97 Å². The number of carboxylic acid groups (broad SMARTS) is 1. The predicted molar refractivity (Wildman–Crippen MR) is 63.3 cm³/mol. The van der Waals surface area contributed by atoms with E-state index in [2.05, 4.69) is 6.58 Å². The number of hydrogen-bond acceptors (Lipinski definition) is 3. The summed E-state index contributed by atoms with van der Waals surface area (Å²) >= 11 is 0. The highest BCUT2D eigenvalue weighted by molar-refractivity contribution is 7.89.